The van der Waals surface area contributed by atoms with Crippen LogP contribution in [0, 0.1) is 23.7 Å². The van der Waals surface area contributed by atoms with E-state index in [-0.39, 0.29) is 0 Å². The number of hydrogen-bond donors (Lipinski definition) is 1. The van der Waals surface area contributed by atoms with Crippen molar-refractivity contribution in [1.29, 1.82) is 0 Å². The molecule has 0 spiro atoms. The molecule has 0 aromatic heterocycles. The Bertz CT molecular complexity index is 256. The molecule has 70 valence electrons. The Hall–Kier alpha value is -0.740. The second-order valence-electron chi connectivity index (χ2n) is 3.97. The van der Waals surface area contributed by atoms with E-state index < -0.39 is 0 Å². The molecule has 13 heavy (non-hydrogen) atoms. The summed E-state index contributed by atoms with van der Waals surface area (Å²) in [6.07, 6.45) is 8.41. The molecule has 1 heteroatoms. The standard InChI is InChI=1S/C12H17N/c1-2-3-4-8-13-12-9-10-6-5-7-11(10)12/h5,7,10-13H,4,6,8-9H2,1H3. The summed E-state index contributed by atoms with van der Waals surface area (Å²) >= 11 is 0. The highest BCUT2D eigenvalue weighted by Gasteiger charge is 2.40. The number of hydrogen-bond acceptors (Lipinski definition) is 1. The molecule has 1 saturated carbocycles. The van der Waals surface area contributed by atoms with Gasteiger partial charge in [0.2, 0.25) is 0 Å². The highest BCUT2D eigenvalue weighted by molar-refractivity contribution is 5.13. The Labute approximate surface area is 80.6 Å². The first-order valence-electron chi connectivity index (χ1n) is 5.21. The maximum absolute atomic E-state index is 3.57. The Kier molecular flexibility index (Phi) is 2.71. The molecule has 2 aliphatic carbocycles. The van der Waals surface area contributed by atoms with Crippen molar-refractivity contribution in [2.75, 3.05) is 6.54 Å². The van der Waals surface area contributed by atoms with Crippen molar-refractivity contribution in [1.82, 2.24) is 5.32 Å². The largest absolute Gasteiger partial charge is 0.312 e. The van der Waals surface area contributed by atoms with Crippen LogP contribution < -0.4 is 5.32 Å². The molecule has 2 rings (SSSR count). The first-order valence-corrected chi connectivity index (χ1v) is 5.21. The summed E-state index contributed by atoms with van der Waals surface area (Å²) in [7, 11) is 0. The predicted octanol–water partition coefficient (Wildman–Crippen LogP) is 1.95. The fourth-order valence-electron chi connectivity index (χ4n) is 2.39. The van der Waals surface area contributed by atoms with Crippen LogP contribution in [-0.4, -0.2) is 12.6 Å². The van der Waals surface area contributed by atoms with Crippen molar-refractivity contribution in [2.45, 2.75) is 32.2 Å². The lowest BCUT2D eigenvalue weighted by Gasteiger charge is -2.40. The van der Waals surface area contributed by atoms with Gasteiger partial charge < -0.3 is 5.32 Å². The van der Waals surface area contributed by atoms with Crippen molar-refractivity contribution in [2.24, 2.45) is 11.8 Å². The Morgan fingerprint density at radius 1 is 1.54 bits per heavy atom. The molecule has 0 bridgehead atoms. The average molecular weight is 175 g/mol. The van der Waals surface area contributed by atoms with Gasteiger partial charge in [-0.1, -0.05) is 12.2 Å². The monoisotopic (exact) mass is 175 g/mol. The zero-order chi connectivity index (χ0) is 9.10. The van der Waals surface area contributed by atoms with E-state index in [0.29, 0.717) is 0 Å². The molecule has 0 radical (unpaired) electrons. The minimum Gasteiger partial charge on any atom is -0.312 e. The third-order valence-electron chi connectivity index (χ3n) is 3.20. The maximum atomic E-state index is 3.57. The predicted molar refractivity (Wildman–Crippen MR) is 55.2 cm³/mol. The second kappa shape index (κ2) is 3.98. The molecule has 1 fully saturated rings. The van der Waals surface area contributed by atoms with Gasteiger partial charge in [-0.05, 0) is 31.6 Å². The molecular formula is C12H17N. The van der Waals surface area contributed by atoms with Gasteiger partial charge >= 0.3 is 0 Å². The Morgan fingerprint density at radius 2 is 2.46 bits per heavy atom. The zero-order valence-electron chi connectivity index (χ0n) is 8.22. The highest BCUT2D eigenvalue weighted by atomic mass is 14.9. The maximum Gasteiger partial charge on any atom is 0.0214 e. The summed E-state index contributed by atoms with van der Waals surface area (Å²) in [5.74, 6) is 7.81. The van der Waals surface area contributed by atoms with E-state index in [4.69, 9.17) is 0 Å². The highest BCUT2D eigenvalue weighted by Crippen LogP contribution is 2.42. The summed E-state index contributed by atoms with van der Waals surface area (Å²) in [5, 5.41) is 3.57. The van der Waals surface area contributed by atoms with E-state index in [1.54, 1.807) is 0 Å². The van der Waals surface area contributed by atoms with E-state index in [1.165, 1.54) is 12.8 Å². The fraction of sp³-hybridized carbons (Fsp3) is 0.667. The van der Waals surface area contributed by atoms with Crippen LogP contribution in [0.25, 0.3) is 0 Å². The van der Waals surface area contributed by atoms with Crippen molar-refractivity contribution in [3.63, 3.8) is 0 Å². The van der Waals surface area contributed by atoms with Gasteiger partial charge in [-0.25, -0.2) is 0 Å². The van der Waals surface area contributed by atoms with Gasteiger partial charge in [-0.2, -0.15) is 0 Å². The lowest BCUT2D eigenvalue weighted by molar-refractivity contribution is 0.165. The second-order valence-corrected chi connectivity index (χ2v) is 3.97. The first-order chi connectivity index (χ1) is 6.42. The van der Waals surface area contributed by atoms with Crippen LogP contribution in [0.2, 0.25) is 0 Å². The quantitative estimate of drug-likeness (QED) is 0.393. The van der Waals surface area contributed by atoms with E-state index in [2.05, 4.69) is 29.3 Å². The average Bonchev–Trinajstić information content (AvgIpc) is 2.47. The summed E-state index contributed by atoms with van der Waals surface area (Å²) < 4.78 is 0. The van der Waals surface area contributed by atoms with Crippen molar-refractivity contribution in [3.05, 3.63) is 12.2 Å². The van der Waals surface area contributed by atoms with E-state index >= 15 is 0 Å². The molecular weight excluding hydrogens is 158 g/mol. The topological polar surface area (TPSA) is 12.0 Å². The molecule has 3 atom stereocenters. The molecule has 0 saturated heterocycles. The molecule has 0 aromatic carbocycles. The van der Waals surface area contributed by atoms with Crippen LogP contribution in [-0.2, 0) is 0 Å². The number of fused-ring (bicyclic) bond motifs is 1. The Morgan fingerprint density at radius 3 is 3.23 bits per heavy atom. The molecule has 0 amide bonds. The SMILES string of the molecule is CC#CCCNC1CC2CC=CC21. The van der Waals surface area contributed by atoms with Crippen molar-refractivity contribution >= 4 is 0 Å². The molecule has 1 N–H and O–H groups in total. The number of allylic oxidation sites excluding steroid dienone is 1. The third-order valence-corrected chi connectivity index (χ3v) is 3.20. The van der Waals surface area contributed by atoms with Gasteiger partial charge in [-0.3, -0.25) is 0 Å². The van der Waals surface area contributed by atoms with Crippen molar-refractivity contribution < 1.29 is 0 Å². The summed E-state index contributed by atoms with van der Waals surface area (Å²) in [6, 6.07) is 0.752. The lowest BCUT2D eigenvalue weighted by Crippen LogP contribution is -2.48. The molecule has 1 nitrogen and oxygen atoms in total. The van der Waals surface area contributed by atoms with Crippen LogP contribution in [0.4, 0.5) is 0 Å². The van der Waals surface area contributed by atoms with Crippen molar-refractivity contribution in [3.8, 4) is 11.8 Å². The van der Waals surface area contributed by atoms with Gasteiger partial charge in [0.05, 0.1) is 0 Å². The van der Waals surface area contributed by atoms with Crippen LogP contribution in [0.5, 0.6) is 0 Å². The molecule has 2 aliphatic rings. The fourth-order valence-corrected chi connectivity index (χ4v) is 2.39. The lowest BCUT2D eigenvalue weighted by atomic mass is 9.71. The third kappa shape index (κ3) is 1.78. The van der Waals surface area contributed by atoms with Gasteiger partial charge in [0.25, 0.3) is 0 Å². The minimum absolute atomic E-state index is 0.752. The molecule has 0 aliphatic heterocycles. The summed E-state index contributed by atoms with van der Waals surface area (Å²) in [5.41, 5.74) is 0. The number of rotatable bonds is 3. The van der Waals surface area contributed by atoms with Gasteiger partial charge in [0.1, 0.15) is 0 Å². The van der Waals surface area contributed by atoms with Crippen LogP contribution >= 0.6 is 0 Å². The van der Waals surface area contributed by atoms with Crippen LogP contribution in [0.1, 0.15) is 26.2 Å². The zero-order valence-corrected chi connectivity index (χ0v) is 8.22. The van der Waals surface area contributed by atoms with E-state index in [0.717, 1.165) is 30.8 Å². The van der Waals surface area contributed by atoms with E-state index in [9.17, 15) is 0 Å². The first kappa shape index (κ1) is 8.84. The normalized spacial score (nSPS) is 34.7. The van der Waals surface area contributed by atoms with Gasteiger partial charge in [-0.15, -0.1) is 11.8 Å². The Balaban J connectivity index is 1.66. The van der Waals surface area contributed by atoms with E-state index in [1.807, 2.05) is 6.92 Å². The molecule has 0 aromatic rings. The number of nitrogens with one attached hydrogen (secondary N) is 1. The molecule has 0 heterocycles. The summed E-state index contributed by atoms with van der Waals surface area (Å²) in [4.78, 5) is 0. The molecule has 3 unspecified atom stereocenters. The van der Waals surface area contributed by atoms with Gasteiger partial charge in [0, 0.05) is 19.0 Å². The summed E-state index contributed by atoms with van der Waals surface area (Å²) in [6.45, 7) is 2.96. The smallest absolute Gasteiger partial charge is 0.0214 e. The minimum atomic E-state index is 0.752. The van der Waals surface area contributed by atoms with Crippen LogP contribution in [0.3, 0.4) is 0 Å². The van der Waals surface area contributed by atoms with Gasteiger partial charge in [0.15, 0.2) is 0 Å². The van der Waals surface area contributed by atoms with Crippen LogP contribution in [0.15, 0.2) is 12.2 Å².